The van der Waals surface area contributed by atoms with Crippen LogP contribution in [0.1, 0.15) is 130 Å². The first-order valence-corrected chi connectivity index (χ1v) is 23.3. The molecule has 1 rings (SSSR count). The number of benzene rings is 1. The van der Waals surface area contributed by atoms with Crippen LogP contribution in [0.3, 0.4) is 0 Å². The smallest absolute Gasteiger partial charge is 0.224 e. The number of carbonyl (C=O) groups excluding carboxylic acids is 9. The largest absolute Gasteiger partial charge is 0.508 e. The van der Waals surface area contributed by atoms with Gasteiger partial charge in [-0.1, -0.05) is 53.2 Å². The standard InChI is InChI=1S/C47H78N10O10/c1-27(2)21-32(43(51)64)25-40(61)37(22-28(3)4)57-45(66)31(9-6-7-19-48)24-38(59)35(10-8-20-54-47(52)53)56-46(67)33(23-30-12-14-34(58)15-13-30)26-39(60)36(16-18-42(50)63)55-44(65)29(5)11-17-41(49)62/h12-15,27-29,31-33,35-37,58H,6-11,16-26,48H2,1-5H3,(H2,49,62)(H2,50,63)(H2,51,64)(H,55,65)(H,56,67)(H,57,66)(H4,52,53,54)/t29-,31+,32+,33+,35-,36-,37-/m0/s1. The van der Waals surface area contributed by atoms with E-state index in [2.05, 4.69) is 20.9 Å². The molecule has 0 spiro atoms. The summed E-state index contributed by atoms with van der Waals surface area (Å²) in [5, 5.41) is 18.2. The molecule has 376 valence electrons. The minimum absolute atomic E-state index is 0.0255. The van der Waals surface area contributed by atoms with Crippen molar-refractivity contribution in [1.29, 1.82) is 0 Å². The highest BCUT2D eigenvalue weighted by Crippen LogP contribution is 2.23. The minimum atomic E-state index is -1.25. The third-order valence-electron chi connectivity index (χ3n) is 11.4. The van der Waals surface area contributed by atoms with Gasteiger partial charge in [0, 0.05) is 62.3 Å². The van der Waals surface area contributed by atoms with Gasteiger partial charge in [0.25, 0.3) is 0 Å². The van der Waals surface area contributed by atoms with Gasteiger partial charge in [0.15, 0.2) is 23.3 Å². The number of rotatable bonds is 36. The lowest BCUT2D eigenvalue weighted by atomic mass is 9.87. The van der Waals surface area contributed by atoms with Crippen molar-refractivity contribution < 1.29 is 48.3 Å². The maximum Gasteiger partial charge on any atom is 0.224 e. The van der Waals surface area contributed by atoms with Crippen LogP contribution in [0.2, 0.25) is 0 Å². The normalized spacial score (nSPS) is 14.4. The maximum atomic E-state index is 14.4. The van der Waals surface area contributed by atoms with Gasteiger partial charge in [-0.15, -0.1) is 0 Å². The Hall–Kier alpha value is -5.92. The number of ketones is 3. The molecule has 0 saturated carbocycles. The second kappa shape index (κ2) is 31.1. The monoisotopic (exact) mass is 943 g/mol. The molecule has 0 saturated heterocycles. The number of nitrogens with zero attached hydrogens (tertiary/aromatic N) is 1. The Kier molecular flexibility index (Phi) is 27.5. The number of amides is 6. The molecule has 7 atom stereocenters. The first kappa shape index (κ1) is 59.1. The molecule has 6 amide bonds. The van der Waals surface area contributed by atoms with Crippen molar-refractivity contribution in [2.75, 3.05) is 13.1 Å². The SMILES string of the molecule is CC(C)C[C@H](CC(=O)[C@H](CC(C)C)NC(=O)[C@H](CCCCN)CC(=O)[C@H](CCCN=C(N)N)NC(=O)[C@@H](CC(=O)[C@H](CCC(N)=O)NC(=O)[C@@H](C)CCC(N)=O)Cc1ccc(O)cc1)C(N)=O. The van der Waals surface area contributed by atoms with E-state index >= 15 is 0 Å². The van der Waals surface area contributed by atoms with Gasteiger partial charge in [0.05, 0.1) is 18.1 Å². The molecule has 0 unspecified atom stereocenters. The highest BCUT2D eigenvalue weighted by molar-refractivity contribution is 5.97. The average molecular weight is 943 g/mol. The van der Waals surface area contributed by atoms with Gasteiger partial charge in [-0.3, -0.25) is 48.1 Å². The summed E-state index contributed by atoms with van der Waals surface area (Å²) in [7, 11) is 0. The van der Waals surface area contributed by atoms with Crippen LogP contribution in [0.5, 0.6) is 5.75 Å². The van der Waals surface area contributed by atoms with Gasteiger partial charge in [0.2, 0.25) is 35.4 Å². The first-order chi connectivity index (χ1) is 31.4. The topological polar surface area (TPSA) is 378 Å². The van der Waals surface area contributed by atoms with Crippen LogP contribution in [0.15, 0.2) is 29.3 Å². The third-order valence-corrected chi connectivity index (χ3v) is 11.4. The Balaban J connectivity index is 3.62. The Labute approximate surface area is 394 Å². The van der Waals surface area contributed by atoms with Crippen LogP contribution >= 0.6 is 0 Å². The van der Waals surface area contributed by atoms with Gasteiger partial charge in [-0.25, -0.2) is 0 Å². The minimum Gasteiger partial charge on any atom is -0.508 e. The lowest BCUT2D eigenvalue weighted by molar-refractivity contribution is -0.136. The molecule has 20 heteroatoms. The summed E-state index contributed by atoms with van der Waals surface area (Å²) in [6, 6.07) is 2.51. The molecule has 0 fully saturated rings. The maximum absolute atomic E-state index is 14.4. The Bertz CT molecular complexity index is 1830. The highest BCUT2D eigenvalue weighted by Gasteiger charge is 2.34. The molecule has 0 aromatic heterocycles. The molecule has 0 aliphatic carbocycles. The number of hydrogen-bond donors (Lipinski definition) is 10. The lowest BCUT2D eigenvalue weighted by Crippen LogP contribution is -2.49. The van der Waals surface area contributed by atoms with Crippen LogP contribution in [0, 0.1) is 35.5 Å². The number of hydrogen-bond acceptors (Lipinski definition) is 12. The van der Waals surface area contributed by atoms with Gasteiger partial charge < -0.3 is 55.5 Å². The van der Waals surface area contributed by atoms with E-state index in [4.69, 9.17) is 34.4 Å². The van der Waals surface area contributed by atoms with E-state index in [9.17, 15) is 48.3 Å². The third kappa shape index (κ3) is 25.0. The number of carbonyl (C=O) groups is 9. The lowest BCUT2D eigenvalue weighted by Gasteiger charge is -2.27. The molecule has 0 heterocycles. The molecule has 1 aromatic carbocycles. The summed E-state index contributed by atoms with van der Waals surface area (Å²) in [5.41, 5.74) is 33.7. The molecule has 20 nitrogen and oxygen atoms in total. The van der Waals surface area contributed by atoms with Crippen LogP contribution in [0.4, 0.5) is 0 Å². The number of Topliss-reactive ketones (excluding diaryl/α,β-unsaturated/α-hetero) is 3. The van der Waals surface area contributed by atoms with Gasteiger partial charge in [-0.2, -0.15) is 0 Å². The number of aromatic hydroxyl groups is 1. The summed E-state index contributed by atoms with van der Waals surface area (Å²) in [5.74, 6) is -9.02. The average Bonchev–Trinajstić information content (AvgIpc) is 3.23. The highest BCUT2D eigenvalue weighted by atomic mass is 16.3. The molecule has 16 N–H and O–H groups in total. The summed E-state index contributed by atoms with van der Waals surface area (Å²) in [4.78, 5) is 123. The van der Waals surface area contributed by atoms with Crippen LogP contribution in [-0.2, 0) is 49.6 Å². The number of phenolic OH excluding ortho intramolecular Hbond substituents is 1. The van der Waals surface area contributed by atoms with Crippen molar-refractivity contribution in [3.8, 4) is 5.75 Å². The van der Waals surface area contributed by atoms with E-state index in [0.29, 0.717) is 31.4 Å². The molecule has 0 bridgehead atoms. The zero-order valence-corrected chi connectivity index (χ0v) is 40.1. The number of phenols is 1. The van der Waals surface area contributed by atoms with Crippen molar-refractivity contribution in [2.45, 2.75) is 149 Å². The van der Waals surface area contributed by atoms with Crippen molar-refractivity contribution in [1.82, 2.24) is 16.0 Å². The fourth-order valence-corrected chi connectivity index (χ4v) is 7.60. The fourth-order valence-electron chi connectivity index (χ4n) is 7.60. The second-order valence-electron chi connectivity index (χ2n) is 18.5. The fraction of sp³-hybridized carbons (Fsp3) is 0.660. The Morgan fingerprint density at radius 1 is 0.567 bits per heavy atom. The van der Waals surface area contributed by atoms with E-state index in [1.165, 1.54) is 12.1 Å². The van der Waals surface area contributed by atoms with Crippen LogP contribution < -0.4 is 50.4 Å². The van der Waals surface area contributed by atoms with Crippen molar-refractivity contribution in [2.24, 2.45) is 74.9 Å². The summed E-state index contributed by atoms with van der Waals surface area (Å²) >= 11 is 0. The van der Waals surface area contributed by atoms with Gasteiger partial charge >= 0.3 is 0 Å². The quantitative estimate of drug-likeness (QED) is 0.0256. The zero-order valence-electron chi connectivity index (χ0n) is 40.1. The van der Waals surface area contributed by atoms with Gasteiger partial charge in [-0.05, 0) is 93.9 Å². The number of nitrogens with one attached hydrogen (secondary N) is 3. The number of unbranched alkanes of at least 4 members (excludes halogenated alkanes) is 1. The number of guanidine groups is 1. The summed E-state index contributed by atoms with van der Waals surface area (Å²) in [6.45, 7) is 9.57. The van der Waals surface area contributed by atoms with Crippen molar-refractivity contribution >= 4 is 58.8 Å². The number of primary amides is 3. The van der Waals surface area contributed by atoms with E-state index in [-0.39, 0.29) is 107 Å². The molecular formula is C47H78N10O10. The van der Waals surface area contributed by atoms with Crippen molar-refractivity contribution in [3.63, 3.8) is 0 Å². The Morgan fingerprint density at radius 2 is 1.06 bits per heavy atom. The predicted molar refractivity (Wildman–Crippen MR) is 254 cm³/mol. The molecule has 67 heavy (non-hydrogen) atoms. The molecule has 1 aromatic rings. The second-order valence-corrected chi connectivity index (χ2v) is 18.5. The first-order valence-electron chi connectivity index (χ1n) is 23.3. The molecule has 0 aliphatic heterocycles. The molecule has 0 aliphatic rings. The summed E-state index contributed by atoms with van der Waals surface area (Å²) in [6.07, 6.45) is 0.691. The zero-order chi connectivity index (χ0) is 50.8. The Morgan fingerprint density at radius 3 is 1.60 bits per heavy atom. The van der Waals surface area contributed by atoms with E-state index in [0.717, 1.165) is 0 Å². The molecule has 0 radical (unpaired) electrons. The van der Waals surface area contributed by atoms with Gasteiger partial charge in [0.1, 0.15) is 5.75 Å². The van der Waals surface area contributed by atoms with Crippen LogP contribution in [0.25, 0.3) is 0 Å². The van der Waals surface area contributed by atoms with Crippen molar-refractivity contribution in [3.05, 3.63) is 29.8 Å². The van der Waals surface area contributed by atoms with E-state index < -0.39 is 95.2 Å². The van der Waals surface area contributed by atoms with E-state index in [1.54, 1.807) is 19.1 Å². The summed E-state index contributed by atoms with van der Waals surface area (Å²) < 4.78 is 0. The predicted octanol–water partition coefficient (Wildman–Crippen LogP) is 1.04. The molecular weight excluding hydrogens is 865 g/mol. The van der Waals surface area contributed by atoms with Crippen LogP contribution in [-0.4, -0.2) is 95.1 Å². The number of nitrogens with two attached hydrogens (primary N) is 6. The number of aliphatic imine (C=N–C) groups is 1. The van der Waals surface area contributed by atoms with E-state index in [1.807, 2.05) is 27.7 Å².